The first kappa shape index (κ1) is 24.8. The second-order valence-corrected chi connectivity index (χ2v) is 8.85. The summed E-state index contributed by atoms with van der Waals surface area (Å²) in [7, 11) is 0. The molecule has 174 valence electrons. The average Bonchev–Trinajstić information content (AvgIpc) is 3.15. The van der Waals surface area contributed by atoms with E-state index in [1.54, 1.807) is 24.3 Å². The zero-order valence-corrected chi connectivity index (χ0v) is 19.3. The number of aromatic nitrogens is 2. The van der Waals surface area contributed by atoms with Crippen LogP contribution in [0, 0.1) is 0 Å². The van der Waals surface area contributed by atoms with Crippen LogP contribution in [0.2, 0.25) is 0 Å². The zero-order valence-electron chi connectivity index (χ0n) is 16.9. The van der Waals surface area contributed by atoms with E-state index in [0.717, 1.165) is 10.3 Å². The van der Waals surface area contributed by atoms with Gasteiger partial charge in [0.15, 0.2) is 0 Å². The van der Waals surface area contributed by atoms with Crippen LogP contribution in [0.1, 0.15) is 23.0 Å². The lowest BCUT2D eigenvalue weighted by atomic mass is 10.2. The fourth-order valence-electron chi connectivity index (χ4n) is 3.34. The summed E-state index contributed by atoms with van der Waals surface area (Å²) in [6.07, 6.45) is -1.34. The van der Waals surface area contributed by atoms with Gasteiger partial charge in [0.25, 0.3) is 5.56 Å². The van der Waals surface area contributed by atoms with Crippen molar-refractivity contribution < 1.29 is 19.7 Å². The molecule has 0 spiro atoms. The number of carbonyl (C=O) groups is 1. The van der Waals surface area contributed by atoms with Gasteiger partial charge < -0.3 is 19.8 Å². The molecule has 1 aromatic carbocycles. The summed E-state index contributed by atoms with van der Waals surface area (Å²) in [5, 5.41) is 18.8. The fraction of sp³-hybridized carbons (Fsp3) is 0.450. The highest BCUT2D eigenvalue weighted by Crippen LogP contribution is 2.28. The molecule has 3 N–H and O–H groups in total. The highest BCUT2D eigenvalue weighted by molar-refractivity contribution is 8.14. The molecule has 0 unspecified atom stereocenters. The number of halogens is 2. The monoisotopic (exact) mass is 503 g/mol. The Morgan fingerprint density at radius 1 is 1.22 bits per heavy atom. The molecule has 9 nitrogen and oxygen atoms in total. The van der Waals surface area contributed by atoms with E-state index in [2.05, 4.69) is 4.98 Å². The van der Waals surface area contributed by atoms with E-state index in [1.807, 2.05) is 4.90 Å². The van der Waals surface area contributed by atoms with Crippen molar-refractivity contribution in [3.05, 3.63) is 56.9 Å². The minimum Gasteiger partial charge on any atom is -0.394 e. The molecule has 0 radical (unpaired) electrons. The molecule has 2 aromatic rings. The highest BCUT2D eigenvalue weighted by Gasteiger charge is 2.35. The van der Waals surface area contributed by atoms with Gasteiger partial charge in [-0.25, -0.2) is 4.79 Å². The van der Waals surface area contributed by atoms with E-state index < -0.39 is 36.3 Å². The Balaban J connectivity index is 1.78. The van der Waals surface area contributed by atoms with Crippen LogP contribution in [-0.4, -0.2) is 68.5 Å². The number of nitrogens with one attached hydrogen (secondary N) is 1. The zero-order chi connectivity index (χ0) is 23.3. The molecule has 3 rings (SSSR count). The van der Waals surface area contributed by atoms with Crippen LogP contribution in [0.4, 0.5) is 5.69 Å². The number of aliphatic hydroxyl groups excluding tert-OH is 2. The van der Waals surface area contributed by atoms with Crippen molar-refractivity contribution in [3.8, 4) is 0 Å². The third kappa shape index (κ3) is 5.75. The minimum atomic E-state index is -0.947. The summed E-state index contributed by atoms with van der Waals surface area (Å²) in [6.45, 7) is 0.823. The molecule has 0 amide bonds. The maximum atomic E-state index is 12.7. The van der Waals surface area contributed by atoms with E-state index in [4.69, 9.17) is 27.9 Å². The number of nitrogens with zero attached hydrogens (tertiary/aromatic N) is 2. The summed E-state index contributed by atoms with van der Waals surface area (Å²) in [4.78, 5) is 41.4. The molecule has 1 saturated heterocycles. The first-order valence-corrected chi connectivity index (χ1v) is 11.8. The number of anilines is 1. The Kier molecular flexibility index (Phi) is 8.80. The van der Waals surface area contributed by atoms with Gasteiger partial charge in [0.05, 0.1) is 17.6 Å². The number of hydrogen-bond acceptors (Lipinski definition) is 8. The van der Waals surface area contributed by atoms with Crippen molar-refractivity contribution in [3.63, 3.8) is 0 Å². The van der Waals surface area contributed by atoms with Gasteiger partial charge in [-0.1, -0.05) is 0 Å². The molecule has 3 atom stereocenters. The van der Waals surface area contributed by atoms with Crippen molar-refractivity contribution in [1.29, 1.82) is 0 Å². The maximum Gasteiger partial charge on any atom is 0.330 e. The first-order chi connectivity index (χ1) is 15.4. The van der Waals surface area contributed by atoms with Gasteiger partial charge in [-0.2, -0.15) is 0 Å². The lowest BCUT2D eigenvalue weighted by Crippen LogP contribution is -2.33. The van der Waals surface area contributed by atoms with Gasteiger partial charge in [0.2, 0.25) is 5.12 Å². The Labute approximate surface area is 197 Å². The van der Waals surface area contributed by atoms with E-state index in [0.29, 0.717) is 42.2 Å². The van der Waals surface area contributed by atoms with Crippen LogP contribution in [-0.2, 0) is 4.74 Å². The van der Waals surface area contributed by atoms with E-state index in [9.17, 15) is 24.6 Å². The van der Waals surface area contributed by atoms with Crippen LogP contribution in [0.15, 0.2) is 44.9 Å². The van der Waals surface area contributed by atoms with Gasteiger partial charge in [-0.15, -0.1) is 23.2 Å². The average molecular weight is 504 g/mol. The smallest absolute Gasteiger partial charge is 0.330 e. The molecule has 1 aliphatic rings. The van der Waals surface area contributed by atoms with Crippen molar-refractivity contribution in [2.45, 2.75) is 29.8 Å². The van der Waals surface area contributed by atoms with Crippen LogP contribution in [0.5, 0.6) is 0 Å². The molecule has 1 aliphatic heterocycles. The molecule has 12 heteroatoms. The largest absolute Gasteiger partial charge is 0.394 e. The molecular weight excluding hydrogens is 481 g/mol. The SMILES string of the molecule is O=C(Sc1cn([C@H]2C[C@H](O)[C@@H](CO)O2)c(=O)[nH]c1=O)c1ccc(N(CCCl)CCCl)cc1. The third-order valence-corrected chi connectivity index (χ3v) is 6.28. The Hall–Kier alpha value is -1.82. The van der Waals surface area contributed by atoms with Crippen molar-refractivity contribution in [2.75, 3.05) is 36.4 Å². The lowest BCUT2D eigenvalue weighted by Gasteiger charge is -2.22. The molecule has 0 aliphatic carbocycles. The predicted molar refractivity (Wildman–Crippen MR) is 123 cm³/mol. The van der Waals surface area contributed by atoms with Gasteiger partial charge in [-0.05, 0) is 36.0 Å². The summed E-state index contributed by atoms with van der Waals surface area (Å²) in [5.74, 6) is 0.874. The summed E-state index contributed by atoms with van der Waals surface area (Å²) >= 11 is 12.3. The molecule has 1 fully saturated rings. The number of aromatic amines is 1. The number of rotatable bonds is 9. The van der Waals surface area contributed by atoms with Gasteiger partial charge in [0, 0.05) is 48.7 Å². The molecule has 32 heavy (non-hydrogen) atoms. The summed E-state index contributed by atoms with van der Waals surface area (Å²) in [6, 6.07) is 6.85. The van der Waals surface area contributed by atoms with Gasteiger partial charge in [0.1, 0.15) is 12.3 Å². The molecule has 2 heterocycles. The normalized spacial score (nSPS) is 20.4. The van der Waals surface area contributed by atoms with Crippen LogP contribution >= 0.6 is 35.0 Å². The number of H-pyrrole nitrogens is 1. The Morgan fingerprint density at radius 2 is 1.88 bits per heavy atom. The minimum absolute atomic E-state index is 0.00937. The van der Waals surface area contributed by atoms with Crippen LogP contribution < -0.4 is 16.1 Å². The number of benzene rings is 1. The van der Waals surface area contributed by atoms with Crippen molar-refractivity contribution in [1.82, 2.24) is 9.55 Å². The van der Waals surface area contributed by atoms with Crippen molar-refractivity contribution >= 4 is 45.8 Å². The van der Waals surface area contributed by atoms with Crippen molar-refractivity contribution in [2.24, 2.45) is 0 Å². The number of hydrogen-bond donors (Lipinski definition) is 3. The quantitative estimate of drug-likeness (QED) is 0.346. The standard InChI is InChI=1S/C20H23Cl2N3O6S/c21-5-7-24(8-6-22)13-3-1-12(2-4-13)19(29)32-16-10-25(20(30)23-18(16)28)17-9-14(27)15(11-26)31-17/h1-4,10,14-15,17,26-27H,5-9,11H2,(H,23,28,30)/t14-,15+,17+/m0/s1. The second kappa shape index (κ2) is 11.4. The van der Waals surface area contributed by atoms with Gasteiger partial charge in [-0.3, -0.25) is 19.1 Å². The van der Waals surface area contributed by atoms with E-state index >= 15 is 0 Å². The topological polar surface area (TPSA) is 125 Å². The maximum absolute atomic E-state index is 12.7. The molecule has 0 bridgehead atoms. The number of ether oxygens (including phenoxy) is 1. The third-order valence-electron chi connectivity index (χ3n) is 5.01. The van der Waals surface area contributed by atoms with Crippen LogP contribution in [0.25, 0.3) is 0 Å². The fourth-order valence-corrected chi connectivity index (χ4v) is 4.52. The van der Waals surface area contributed by atoms with Crippen LogP contribution in [0.3, 0.4) is 0 Å². The number of thioether (sulfide) groups is 1. The van der Waals surface area contributed by atoms with Gasteiger partial charge >= 0.3 is 5.69 Å². The lowest BCUT2D eigenvalue weighted by molar-refractivity contribution is -0.0461. The van der Waals surface area contributed by atoms with E-state index in [-0.39, 0.29) is 16.4 Å². The number of carbonyl (C=O) groups excluding carboxylic acids is 1. The Morgan fingerprint density at radius 3 is 2.44 bits per heavy atom. The second-order valence-electron chi connectivity index (χ2n) is 7.08. The number of alkyl halides is 2. The predicted octanol–water partition coefficient (Wildman–Crippen LogP) is 1.39. The first-order valence-electron chi connectivity index (χ1n) is 9.87. The summed E-state index contributed by atoms with van der Waals surface area (Å²) in [5.41, 5.74) is -0.186. The Bertz CT molecular complexity index is 1040. The molecule has 1 aromatic heterocycles. The number of aliphatic hydroxyl groups is 2. The van der Waals surface area contributed by atoms with E-state index in [1.165, 1.54) is 6.20 Å². The molecular formula is C20H23Cl2N3O6S. The highest BCUT2D eigenvalue weighted by atomic mass is 35.5. The molecule has 0 saturated carbocycles. The summed E-state index contributed by atoms with van der Waals surface area (Å²) < 4.78 is 6.58.